The molecular formula is C26H36FN3O5. The van der Waals surface area contributed by atoms with E-state index < -0.39 is 24.0 Å². The second-order valence-electron chi connectivity index (χ2n) is 10.5. The van der Waals surface area contributed by atoms with Gasteiger partial charge < -0.3 is 19.8 Å². The first-order valence-electron chi connectivity index (χ1n) is 13.1. The molecule has 0 radical (unpaired) electrons. The van der Waals surface area contributed by atoms with Crippen molar-refractivity contribution in [2.75, 3.05) is 44.2 Å². The molecule has 0 aromatic heterocycles. The van der Waals surface area contributed by atoms with Crippen LogP contribution in [0.15, 0.2) is 18.2 Å². The summed E-state index contributed by atoms with van der Waals surface area (Å²) in [7, 11) is 0. The van der Waals surface area contributed by atoms with Crippen molar-refractivity contribution in [3.8, 4) is 5.75 Å². The van der Waals surface area contributed by atoms with E-state index >= 15 is 0 Å². The first-order chi connectivity index (χ1) is 16.9. The van der Waals surface area contributed by atoms with Crippen molar-refractivity contribution < 1.29 is 28.9 Å². The molecule has 2 N–H and O–H groups in total. The number of rotatable bonds is 7. The number of carbonyl (C=O) groups excluding carboxylic acids is 2. The van der Waals surface area contributed by atoms with Gasteiger partial charge in [-0.1, -0.05) is 0 Å². The molecule has 0 spiro atoms. The lowest BCUT2D eigenvalue weighted by Crippen LogP contribution is -2.47. The molecule has 35 heavy (non-hydrogen) atoms. The van der Waals surface area contributed by atoms with Gasteiger partial charge in [0, 0.05) is 38.8 Å². The zero-order valence-corrected chi connectivity index (χ0v) is 20.1. The van der Waals surface area contributed by atoms with Crippen LogP contribution in [0.5, 0.6) is 5.75 Å². The number of aliphatic hydroxyl groups excluding tert-OH is 2. The number of nitrogens with zero attached hydrogens (tertiary/aromatic N) is 3. The minimum Gasteiger partial charge on any atom is -0.488 e. The van der Waals surface area contributed by atoms with E-state index in [9.17, 15) is 24.2 Å². The minimum absolute atomic E-state index is 0.154. The Morgan fingerprint density at radius 3 is 2.17 bits per heavy atom. The molecule has 0 bridgehead atoms. The highest BCUT2D eigenvalue weighted by atomic mass is 19.1. The third kappa shape index (κ3) is 5.17. The van der Waals surface area contributed by atoms with Crippen LogP contribution in [0, 0.1) is 17.7 Å². The van der Waals surface area contributed by atoms with E-state index in [4.69, 9.17) is 4.74 Å². The zero-order chi connectivity index (χ0) is 24.5. The Hall–Kier alpha value is -2.23. The summed E-state index contributed by atoms with van der Waals surface area (Å²) in [6.07, 6.45) is 3.79. The normalized spacial score (nSPS) is 30.3. The number of aliphatic hydroxyl groups is 2. The maximum Gasteiger partial charge on any atom is 0.233 e. The summed E-state index contributed by atoms with van der Waals surface area (Å²) in [5.74, 6) is -0.933. The Balaban J connectivity index is 1.11. The van der Waals surface area contributed by atoms with Crippen molar-refractivity contribution in [1.29, 1.82) is 0 Å². The van der Waals surface area contributed by atoms with Gasteiger partial charge in [-0.3, -0.25) is 19.4 Å². The van der Waals surface area contributed by atoms with Crippen LogP contribution in [0.1, 0.15) is 44.9 Å². The minimum atomic E-state index is -0.939. The number of benzene rings is 1. The Kier molecular flexibility index (Phi) is 7.27. The maximum absolute atomic E-state index is 14.0. The van der Waals surface area contributed by atoms with Crippen LogP contribution in [0.25, 0.3) is 0 Å². The lowest BCUT2D eigenvalue weighted by Gasteiger charge is -2.37. The lowest BCUT2D eigenvalue weighted by atomic mass is 9.78. The summed E-state index contributed by atoms with van der Waals surface area (Å²) in [6.45, 7) is 4.26. The summed E-state index contributed by atoms with van der Waals surface area (Å²) < 4.78 is 20.3. The molecule has 2 heterocycles. The maximum atomic E-state index is 14.0. The third-order valence-corrected chi connectivity index (χ3v) is 8.17. The fourth-order valence-electron chi connectivity index (χ4n) is 6.13. The number of ether oxygens (including phenoxy) is 1. The highest BCUT2D eigenvalue weighted by Gasteiger charge is 2.51. The molecule has 2 amide bonds. The van der Waals surface area contributed by atoms with Gasteiger partial charge in [-0.15, -0.1) is 0 Å². The molecule has 4 fully saturated rings. The SMILES string of the molecule is O=C1C2CC(O)C(O)CC2C(=O)N1CCCN1CCN(c2cc(F)ccc2OC2CCCC2)CC1. The van der Waals surface area contributed by atoms with Gasteiger partial charge in [-0.25, -0.2) is 4.39 Å². The Morgan fingerprint density at radius 1 is 0.914 bits per heavy atom. The summed E-state index contributed by atoms with van der Waals surface area (Å²) in [6, 6.07) is 4.77. The van der Waals surface area contributed by atoms with E-state index in [-0.39, 0.29) is 36.6 Å². The first-order valence-corrected chi connectivity index (χ1v) is 13.1. The lowest BCUT2D eigenvalue weighted by molar-refractivity contribution is -0.140. The van der Waals surface area contributed by atoms with Gasteiger partial charge in [0.1, 0.15) is 11.6 Å². The topological polar surface area (TPSA) is 93.5 Å². The summed E-state index contributed by atoms with van der Waals surface area (Å²) in [5, 5.41) is 19.8. The van der Waals surface area contributed by atoms with Gasteiger partial charge >= 0.3 is 0 Å². The number of imide groups is 1. The Bertz CT molecular complexity index is 904. The number of halogens is 1. The fraction of sp³-hybridized carbons (Fsp3) is 0.692. The molecule has 1 aromatic rings. The molecule has 2 aliphatic carbocycles. The average molecular weight is 490 g/mol. The average Bonchev–Trinajstić information content (AvgIpc) is 3.44. The number of amides is 2. The number of likely N-dealkylation sites (tertiary alicyclic amines) is 1. The molecule has 2 saturated carbocycles. The largest absolute Gasteiger partial charge is 0.488 e. The zero-order valence-electron chi connectivity index (χ0n) is 20.1. The van der Waals surface area contributed by atoms with E-state index in [1.165, 1.54) is 23.8 Å². The van der Waals surface area contributed by atoms with Crippen molar-refractivity contribution in [1.82, 2.24) is 9.80 Å². The van der Waals surface area contributed by atoms with Gasteiger partial charge in [0.2, 0.25) is 11.8 Å². The smallest absolute Gasteiger partial charge is 0.233 e. The summed E-state index contributed by atoms with van der Waals surface area (Å²) in [4.78, 5) is 31.2. The van der Waals surface area contributed by atoms with E-state index in [0.29, 0.717) is 13.0 Å². The standard InChI is InChI=1S/C26H36FN3O5/c27-17-6-7-24(35-18-4-1-2-5-18)21(14-17)29-12-10-28(11-13-29)8-3-9-30-25(33)19-15-22(31)23(32)16-20(19)26(30)34/h6-7,14,18-20,22-23,31-32H,1-5,8-13,15-16H2. The van der Waals surface area contributed by atoms with Crippen LogP contribution in [0.2, 0.25) is 0 Å². The van der Waals surface area contributed by atoms with Crippen LogP contribution in [-0.4, -0.2) is 89.4 Å². The molecule has 4 unspecified atom stereocenters. The monoisotopic (exact) mass is 489 g/mol. The van der Waals surface area contributed by atoms with Crippen LogP contribution in [0.4, 0.5) is 10.1 Å². The van der Waals surface area contributed by atoms with Crippen LogP contribution < -0.4 is 9.64 Å². The Morgan fingerprint density at radius 2 is 1.54 bits per heavy atom. The van der Waals surface area contributed by atoms with Crippen molar-refractivity contribution in [2.24, 2.45) is 11.8 Å². The predicted molar refractivity (Wildman–Crippen MR) is 128 cm³/mol. The molecule has 4 aliphatic rings. The van der Waals surface area contributed by atoms with Gasteiger partial charge in [0.15, 0.2) is 0 Å². The van der Waals surface area contributed by atoms with Gasteiger partial charge in [0.25, 0.3) is 0 Å². The molecule has 192 valence electrons. The number of carbonyl (C=O) groups is 2. The number of hydrogen-bond acceptors (Lipinski definition) is 7. The van der Waals surface area contributed by atoms with Gasteiger partial charge in [-0.05, 0) is 63.6 Å². The molecule has 2 saturated heterocycles. The molecule has 8 nitrogen and oxygen atoms in total. The molecular weight excluding hydrogens is 453 g/mol. The third-order valence-electron chi connectivity index (χ3n) is 8.17. The number of piperazine rings is 1. The van der Waals surface area contributed by atoms with Gasteiger partial charge in [-0.2, -0.15) is 0 Å². The molecule has 5 rings (SSSR count). The van der Waals surface area contributed by atoms with Crippen LogP contribution in [0.3, 0.4) is 0 Å². The molecule has 9 heteroatoms. The van der Waals surface area contributed by atoms with Crippen molar-refractivity contribution in [3.63, 3.8) is 0 Å². The van der Waals surface area contributed by atoms with Crippen LogP contribution in [-0.2, 0) is 9.59 Å². The van der Waals surface area contributed by atoms with Crippen molar-refractivity contribution >= 4 is 17.5 Å². The second kappa shape index (κ2) is 10.4. The number of anilines is 1. The Labute approximate surface area is 205 Å². The van der Waals surface area contributed by atoms with Crippen molar-refractivity contribution in [3.05, 3.63) is 24.0 Å². The molecule has 1 aromatic carbocycles. The summed E-state index contributed by atoms with van der Waals surface area (Å²) in [5.41, 5.74) is 0.816. The number of fused-ring (bicyclic) bond motifs is 1. The highest BCUT2D eigenvalue weighted by molar-refractivity contribution is 6.05. The van der Waals surface area contributed by atoms with Crippen LogP contribution >= 0.6 is 0 Å². The first kappa shape index (κ1) is 24.5. The quantitative estimate of drug-likeness (QED) is 0.564. The predicted octanol–water partition coefficient (Wildman–Crippen LogP) is 1.78. The van der Waals surface area contributed by atoms with E-state index in [2.05, 4.69) is 9.80 Å². The van der Waals surface area contributed by atoms with E-state index in [1.54, 1.807) is 12.1 Å². The van der Waals surface area contributed by atoms with Crippen molar-refractivity contribution in [2.45, 2.75) is 63.3 Å². The molecule has 4 atom stereocenters. The fourth-order valence-corrected chi connectivity index (χ4v) is 6.13. The number of hydrogen-bond donors (Lipinski definition) is 2. The van der Waals surface area contributed by atoms with E-state index in [0.717, 1.165) is 57.0 Å². The van der Waals surface area contributed by atoms with Gasteiger partial charge in [0.05, 0.1) is 35.8 Å². The highest BCUT2D eigenvalue weighted by Crippen LogP contribution is 2.38. The molecule has 2 aliphatic heterocycles. The second-order valence-corrected chi connectivity index (χ2v) is 10.5. The van der Waals surface area contributed by atoms with E-state index in [1.807, 2.05) is 0 Å². The summed E-state index contributed by atoms with van der Waals surface area (Å²) >= 11 is 0.